The Morgan fingerprint density at radius 3 is 2.77 bits per heavy atom. The molecule has 3 rings (SSSR count). The zero-order chi connectivity index (χ0) is 15.7. The number of amides is 1. The molecule has 0 spiro atoms. The van der Waals surface area contributed by atoms with Crippen LogP contribution in [0.3, 0.4) is 0 Å². The molecule has 2 aromatic rings. The number of hydrogen-bond acceptors (Lipinski definition) is 3. The Morgan fingerprint density at radius 2 is 2.00 bits per heavy atom. The van der Waals surface area contributed by atoms with E-state index in [-0.39, 0.29) is 24.1 Å². The van der Waals surface area contributed by atoms with Crippen molar-refractivity contribution in [2.75, 3.05) is 6.54 Å². The van der Waals surface area contributed by atoms with Crippen molar-refractivity contribution in [3.63, 3.8) is 0 Å². The average Bonchev–Trinajstić information content (AvgIpc) is 2.52. The van der Waals surface area contributed by atoms with E-state index in [0.29, 0.717) is 16.7 Å². The molecule has 0 aliphatic carbocycles. The topological polar surface area (TPSA) is 55.2 Å². The molecule has 2 heterocycles. The van der Waals surface area contributed by atoms with Crippen molar-refractivity contribution in [2.45, 2.75) is 45.7 Å². The van der Waals surface area contributed by atoms with Crippen molar-refractivity contribution < 1.29 is 4.79 Å². The van der Waals surface area contributed by atoms with Crippen molar-refractivity contribution >= 4 is 16.8 Å². The van der Waals surface area contributed by atoms with Crippen molar-refractivity contribution in [1.82, 2.24) is 14.5 Å². The summed E-state index contributed by atoms with van der Waals surface area (Å²) in [5.41, 5.74) is 0.586. The number of benzene rings is 1. The lowest BCUT2D eigenvalue weighted by Crippen LogP contribution is -2.46. The molecule has 1 amide bonds. The first-order valence-corrected chi connectivity index (χ1v) is 7.92. The van der Waals surface area contributed by atoms with Crippen LogP contribution in [0.25, 0.3) is 10.9 Å². The van der Waals surface area contributed by atoms with Gasteiger partial charge in [-0.15, -0.1) is 0 Å². The number of hydrogen-bond donors (Lipinski definition) is 0. The predicted molar refractivity (Wildman–Crippen MR) is 85.7 cm³/mol. The van der Waals surface area contributed by atoms with E-state index in [4.69, 9.17) is 0 Å². The summed E-state index contributed by atoms with van der Waals surface area (Å²) in [6, 6.07) is 7.16. The van der Waals surface area contributed by atoms with Gasteiger partial charge in [0.05, 0.1) is 16.9 Å². The number of nitrogens with zero attached hydrogens (tertiary/aromatic N) is 3. The first-order valence-electron chi connectivity index (χ1n) is 7.92. The smallest absolute Gasteiger partial charge is 0.261 e. The predicted octanol–water partition coefficient (Wildman–Crippen LogP) is 2.49. The number of carbonyl (C=O) groups excluding carboxylic acids is 1. The Bertz CT molecular complexity index is 766. The molecule has 0 saturated heterocycles. The molecule has 0 radical (unpaired) electrons. The third kappa shape index (κ3) is 2.40. The van der Waals surface area contributed by atoms with Crippen molar-refractivity contribution in [3.8, 4) is 0 Å². The van der Waals surface area contributed by atoms with Crippen molar-refractivity contribution in [2.24, 2.45) is 0 Å². The van der Waals surface area contributed by atoms with Crippen LogP contribution in [-0.4, -0.2) is 26.9 Å². The fourth-order valence-electron chi connectivity index (χ4n) is 3.09. The molecule has 5 heteroatoms. The molecule has 0 saturated carbocycles. The van der Waals surface area contributed by atoms with Crippen molar-refractivity contribution in [3.05, 3.63) is 40.4 Å². The van der Waals surface area contributed by atoms with Crippen LogP contribution in [0.2, 0.25) is 0 Å². The van der Waals surface area contributed by atoms with Crippen LogP contribution in [0.5, 0.6) is 0 Å². The van der Waals surface area contributed by atoms with Crippen LogP contribution in [0.1, 0.15) is 45.0 Å². The van der Waals surface area contributed by atoms with Gasteiger partial charge in [0, 0.05) is 6.54 Å². The number of rotatable bonds is 4. The van der Waals surface area contributed by atoms with Gasteiger partial charge in [0.15, 0.2) is 0 Å². The molecule has 0 unspecified atom stereocenters. The molecular formula is C17H21N3O2. The van der Waals surface area contributed by atoms with Gasteiger partial charge >= 0.3 is 0 Å². The monoisotopic (exact) mass is 299 g/mol. The van der Waals surface area contributed by atoms with Crippen LogP contribution < -0.4 is 5.56 Å². The molecule has 5 nitrogen and oxygen atoms in total. The maximum atomic E-state index is 12.6. The fourth-order valence-corrected chi connectivity index (χ4v) is 3.09. The summed E-state index contributed by atoms with van der Waals surface area (Å²) >= 11 is 0. The minimum atomic E-state index is -0.157. The molecular weight excluding hydrogens is 278 g/mol. The summed E-state index contributed by atoms with van der Waals surface area (Å²) < 4.78 is 1.53. The number of carbonyl (C=O) groups is 1. The van der Waals surface area contributed by atoms with E-state index < -0.39 is 0 Å². The molecule has 116 valence electrons. The normalized spacial score (nSPS) is 17.8. The Kier molecular flexibility index (Phi) is 3.96. The summed E-state index contributed by atoms with van der Waals surface area (Å²) in [6.07, 6.45) is 3.22. The Labute approximate surface area is 129 Å². The van der Waals surface area contributed by atoms with Gasteiger partial charge in [-0.3, -0.25) is 14.2 Å². The highest BCUT2D eigenvalue weighted by Crippen LogP contribution is 2.24. The molecule has 1 aromatic carbocycles. The van der Waals surface area contributed by atoms with Gasteiger partial charge in [-0.05, 0) is 25.5 Å². The van der Waals surface area contributed by atoms with E-state index in [1.54, 1.807) is 6.07 Å². The van der Waals surface area contributed by atoms with Gasteiger partial charge in [0.2, 0.25) is 5.91 Å². The zero-order valence-electron chi connectivity index (χ0n) is 13.1. The summed E-state index contributed by atoms with van der Waals surface area (Å²) in [5, 5.41) is 0.575. The highest BCUT2D eigenvalue weighted by molar-refractivity contribution is 5.81. The molecule has 22 heavy (non-hydrogen) atoms. The van der Waals surface area contributed by atoms with Gasteiger partial charge in [0.25, 0.3) is 5.56 Å². The molecule has 1 aliphatic heterocycles. The minimum Gasteiger partial charge on any atom is -0.331 e. The van der Waals surface area contributed by atoms with E-state index in [2.05, 4.69) is 11.9 Å². The first-order chi connectivity index (χ1) is 10.6. The van der Waals surface area contributed by atoms with Crippen LogP contribution in [0.15, 0.2) is 29.1 Å². The van der Waals surface area contributed by atoms with E-state index in [9.17, 15) is 9.59 Å². The molecule has 0 fully saturated rings. The SMILES string of the molecule is CCCCCN1C(=O)Cn2c(nc3ccccc3c2=O)[C@@H]1C. The maximum Gasteiger partial charge on any atom is 0.261 e. The van der Waals surface area contributed by atoms with Gasteiger partial charge in [-0.2, -0.15) is 0 Å². The third-order valence-corrected chi connectivity index (χ3v) is 4.35. The second kappa shape index (κ2) is 5.91. The standard InChI is InChI=1S/C17H21N3O2/c1-3-4-7-10-19-12(2)16-18-14-9-6-5-8-13(14)17(22)20(16)11-15(19)21/h5-6,8-9,12H,3-4,7,10-11H2,1-2H3/t12-/m0/s1. The summed E-state index contributed by atoms with van der Waals surface area (Å²) in [7, 11) is 0. The Morgan fingerprint density at radius 1 is 1.23 bits per heavy atom. The first kappa shape index (κ1) is 14.8. The lowest BCUT2D eigenvalue weighted by molar-refractivity contribution is -0.136. The van der Waals surface area contributed by atoms with Gasteiger partial charge < -0.3 is 4.90 Å². The average molecular weight is 299 g/mol. The number of aromatic nitrogens is 2. The second-order valence-corrected chi connectivity index (χ2v) is 5.85. The lowest BCUT2D eigenvalue weighted by atomic mass is 10.1. The van der Waals surface area contributed by atoms with Crippen molar-refractivity contribution in [1.29, 1.82) is 0 Å². The second-order valence-electron chi connectivity index (χ2n) is 5.85. The van der Waals surface area contributed by atoms with E-state index >= 15 is 0 Å². The van der Waals surface area contributed by atoms with Crippen LogP contribution in [0.4, 0.5) is 0 Å². The Balaban J connectivity index is 2.03. The molecule has 1 aromatic heterocycles. The van der Waals surface area contributed by atoms with E-state index in [1.165, 1.54) is 4.57 Å². The van der Waals surface area contributed by atoms with E-state index in [0.717, 1.165) is 25.8 Å². The highest BCUT2D eigenvalue weighted by atomic mass is 16.2. The fraction of sp³-hybridized carbons (Fsp3) is 0.471. The van der Waals surface area contributed by atoms with Crippen LogP contribution >= 0.6 is 0 Å². The summed E-state index contributed by atoms with van der Waals surface area (Å²) in [5.74, 6) is 0.704. The Hall–Kier alpha value is -2.17. The number of para-hydroxylation sites is 1. The highest BCUT2D eigenvalue weighted by Gasteiger charge is 2.31. The quantitative estimate of drug-likeness (QED) is 0.815. The van der Waals surface area contributed by atoms with Gasteiger partial charge in [-0.1, -0.05) is 31.9 Å². The number of unbranched alkanes of at least 4 members (excludes halogenated alkanes) is 2. The summed E-state index contributed by atoms with van der Waals surface area (Å²) in [4.78, 5) is 31.5. The lowest BCUT2D eigenvalue weighted by Gasteiger charge is -2.35. The van der Waals surface area contributed by atoms with Gasteiger partial charge in [0.1, 0.15) is 12.4 Å². The molecule has 0 bridgehead atoms. The maximum absolute atomic E-state index is 12.6. The third-order valence-electron chi connectivity index (χ3n) is 4.35. The zero-order valence-corrected chi connectivity index (χ0v) is 13.1. The minimum absolute atomic E-state index is 0.00952. The van der Waals surface area contributed by atoms with Gasteiger partial charge in [-0.25, -0.2) is 4.98 Å². The molecule has 1 aliphatic rings. The largest absolute Gasteiger partial charge is 0.331 e. The van der Waals surface area contributed by atoms with Crippen LogP contribution in [-0.2, 0) is 11.3 Å². The number of fused-ring (bicyclic) bond motifs is 2. The summed E-state index contributed by atoms with van der Waals surface area (Å²) in [6.45, 7) is 4.93. The molecule has 1 atom stereocenters. The van der Waals surface area contributed by atoms with Crippen LogP contribution in [0, 0.1) is 0 Å². The van der Waals surface area contributed by atoms with E-state index in [1.807, 2.05) is 30.0 Å². The molecule has 0 N–H and O–H groups in total.